The summed E-state index contributed by atoms with van der Waals surface area (Å²) in [7, 11) is 0. The quantitative estimate of drug-likeness (QED) is 0.845. The summed E-state index contributed by atoms with van der Waals surface area (Å²) in [5.74, 6) is 0. The monoisotopic (exact) mass is 232 g/mol. The van der Waals surface area contributed by atoms with Gasteiger partial charge in [-0.2, -0.15) is 5.26 Å². The van der Waals surface area contributed by atoms with Gasteiger partial charge in [-0.1, -0.05) is 0 Å². The van der Waals surface area contributed by atoms with Crippen LogP contribution in [0, 0.1) is 11.3 Å². The first-order valence-corrected chi connectivity index (χ1v) is 5.91. The molecule has 0 aliphatic heterocycles. The van der Waals surface area contributed by atoms with E-state index in [9.17, 15) is 0 Å². The molecule has 0 unspecified atom stereocenters. The summed E-state index contributed by atoms with van der Waals surface area (Å²) in [6.07, 6.45) is 2.35. The van der Waals surface area contributed by atoms with E-state index in [-0.39, 0.29) is 6.04 Å². The van der Waals surface area contributed by atoms with Crippen LogP contribution in [-0.4, -0.2) is 17.6 Å². The summed E-state index contributed by atoms with van der Waals surface area (Å²) in [6, 6.07) is 6.44. The van der Waals surface area contributed by atoms with Crippen molar-refractivity contribution in [3.63, 3.8) is 0 Å². The minimum Gasteiger partial charge on any atom is -0.367 e. The van der Waals surface area contributed by atoms with Gasteiger partial charge in [-0.3, -0.25) is 4.98 Å². The SMILES string of the molecule is CC(C)N(CCC#N)c1ccc([C@@H](C)N)nc1. The topological polar surface area (TPSA) is 65.9 Å². The number of rotatable bonds is 5. The van der Waals surface area contributed by atoms with Gasteiger partial charge in [-0.25, -0.2) is 0 Å². The molecule has 4 nitrogen and oxygen atoms in total. The number of hydrogen-bond acceptors (Lipinski definition) is 4. The molecule has 1 heterocycles. The van der Waals surface area contributed by atoms with Crippen LogP contribution in [-0.2, 0) is 0 Å². The fraction of sp³-hybridized carbons (Fsp3) is 0.538. The van der Waals surface area contributed by atoms with Crippen molar-refractivity contribution in [2.24, 2.45) is 5.73 Å². The maximum atomic E-state index is 8.65. The number of pyridine rings is 1. The van der Waals surface area contributed by atoms with Gasteiger partial charge in [-0.15, -0.1) is 0 Å². The Morgan fingerprint density at radius 2 is 2.12 bits per heavy atom. The van der Waals surface area contributed by atoms with Crippen LogP contribution in [0.5, 0.6) is 0 Å². The summed E-state index contributed by atoms with van der Waals surface area (Å²) in [4.78, 5) is 6.51. The molecular formula is C13H20N4. The van der Waals surface area contributed by atoms with Crippen molar-refractivity contribution in [1.29, 1.82) is 5.26 Å². The van der Waals surface area contributed by atoms with E-state index < -0.39 is 0 Å². The molecule has 1 rings (SSSR count). The first kappa shape index (κ1) is 13.5. The van der Waals surface area contributed by atoms with E-state index in [1.54, 1.807) is 0 Å². The second-order valence-electron chi connectivity index (χ2n) is 4.43. The van der Waals surface area contributed by atoms with Crippen molar-refractivity contribution in [1.82, 2.24) is 4.98 Å². The standard InChI is InChI=1S/C13H20N4/c1-10(2)17(8-4-7-14)12-5-6-13(11(3)15)16-9-12/h5-6,9-11H,4,8,15H2,1-3H3/t11-/m1/s1. The molecule has 0 aliphatic rings. The average molecular weight is 232 g/mol. The number of aromatic nitrogens is 1. The molecule has 0 saturated heterocycles. The third-order valence-electron chi connectivity index (χ3n) is 2.66. The van der Waals surface area contributed by atoms with Gasteiger partial charge in [0.15, 0.2) is 0 Å². The summed E-state index contributed by atoms with van der Waals surface area (Å²) in [5.41, 5.74) is 7.69. The van der Waals surface area contributed by atoms with Gasteiger partial charge in [0.25, 0.3) is 0 Å². The maximum Gasteiger partial charge on any atom is 0.0640 e. The lowest BCUT2D eigenvalue weighted by Crippen LogP contribution is -2.31. The second-order valence-corrected chi connectivity index (χ2v) is 4.43. The highest BCUT2D eigenvalue weighted by Gasteiger charge is 2.11. The molecule has 0 saturated carbocycles. The van der Waals surface area contributed by atoms with E-state index in [2.05, 4.69) is 29.8 Å². The Labute approximate surface area is 103 Å². The van der Waals surface area contributed by atoms with Crippen molar-refractivity contribution in [2.75, 3.05) is 11.4 Å². The molecule has 2 N–H and O–H groups in total. The first-order valence-electron chi connectivity index (χ1n) is 5.91. The number of hydrogen-bond donors (Lipinski definition) is 1. The Morgan fingerprint density at radius 1 is 1.41 bits per heavy atom. The molecular weight excluding hydrogens is 212 g/mol. The number of nitrogens with two attached hydrogens (primary N) is 1. The van der Waals surface area contributed by atoms with Gasteiger partial charge in [0, 0.05) is 18.6 Å². The van der Waals surface area contributed by atoms with E-state index in [1.165, 1.54) is 0 Å². The zero-order valence-corrected chi connectivity index (χ0v) is 10.7. The third-order valence-corrected chi connectivity index (χ3v) is 2.66. The van der Waals surface area contributed by atoms with Crippen molar-refractivity contribution < 1.29 is 0 Å². The molecule has 0 aromatic carbocycles. The van der Waals surface area contributed by atoms with Crippen molar-refractivity contribution in [3.05, 3.63) is 24.0 Å². The lowest BCUT2D eigenvalue weighted by molar-refractivity contribution is 0.683. The molecule has 1 aromatic heterocycles. The van der Waals surface area contributed by atoms with Crippen molar-refractivity contribution in [2.45, 2.75) is 39.3 Å². The summed E-state index contributed by atoms with van der Waals surface area (Å²) >= 11 is 0. The Balaban J connectivity index is 2.84. The number of anilines is 1. The highest BCUT2D eigenvalue weighted by Crippen LogP contribution is 2.18. The molecule has 0 aliphatic carbocycles. The summed E-state index contributed by atoms with van der Waals surface area (Å²) in [6.45, 7) is 6.86. The smallest absolute Gasteiger partial charge is 0.0640 e. The summed E-state index contributed by atoms with van der Waals surface area (Å²) in [5, 5.41) is 8.65. The van der Waals surface area contributed by atoms with Gasteiger partial charge in [-0.05, 0) is 32.9 Å². The van der Waals surface area contributed by atoms with E-state index in [0.717, 1.165) is 17.9 Å². The molecule has 0 spiro atoms. The molecule has 92 valence electrons. The van der Waals surface area contributed by atoms with Crippen LogP contribution in [0.25, 0.3) is 0 Å². The van der Waals surface area contributed by atoms with Gasteiger partial charge in [0.1, 0.15) is 0 Å². The highest BCUT2D eigenvalue weighted by atomic mass is 15.2. The zero-order valence-electron chi connectivity index (χ0n) is 10.7. The van der Waals surface area contributed by atoms with Gasteiger partial charge in [0.05, 0.1) is 30.1 Å². The first-order chi connectivity index (χ1) is 8.06. The fourth-order valence-electron chi connectivity index (χ4n) is 1.69. The highest BCUT2D eigenvalue weighted by molar-refractivity contribution is 5.45. The lowest BCUT2D eigenvalue weighted by atomic mass is 10.2. The largest absolute Gasteiger partial charge is 0.367 e. The lowest BCUT2D eigenvalue weighted by Gasteiger charge is -2.28. The predicted octanol–water partition coefficient (Wildman–Crippen LogP) is 2.23. The van der Waals surface area contributed by atoms with Crippen LogP contribution in [0.1, 0.15) is 38.9 Å². The maximum absolute atomic E-state index is 8.65. The molecule has 0 amide bonds. The van der Waals surface area contributed by atoms with Gasteiger partial charge in [0.2, 0.25) is 0 Å². The zero-order chi connectivity index (χ0) is 12.8. The summed E-state index contributed by atoms with van der Waals surface area (Å²) < 4.78 is 0. The third kappa shape index (κ3) is 3.72. The Kier molecular flexibility index (Phi) is 4.92. The Bertz CT molecular complexity index is 375. The second kappa shape index (κ2) is 6.21. The molecule has 17 heavy (non-hydrogen) atoms. The molecule has 0 radical (unpaired) electrons. The minimum atomic E-state index is -0.0457. The van der Waals surface area contributed by atoms with Crippen LogP contribution >= 0.6 is 0 Å². The van der Waals surface area contributed by atoms with Crippen LogP contribution in [0.2, 0.25) is 0 Å². The fourth-order valence-corrected chi connectivity index (χ4v) is 1.69. The van der Waals surface area contributed by atoms with E-state index in [4.69, 9.17) is 11.0 Å². The van der Waals surface area contributed by atoms with E-state index in [1.807, 2.05) is 25.3 Å². The Morgan fingerprint density at radius 3 is 2.53 bits per heavy atom. The van der Waals surface area contributed by atoms with Crippen LogP contribution in [0.15, 0.2) is 18.3 Å². The Hall–Kier alpha value is -1.60. The molecule has 0 bridgehead atoms. The number of nitriles is 1. The molecule has 1 aromatic rings. The van der Waals surface area contributed by atoms with E-state index in [0.29, 0.717) is 12.5 Å². The van der Waals surface area contributed by atoms with Gasteiger partial charge < -0.3 is 10.6 Å². The normalized spacial score (nSPS) is 12.2. The van der Waals surface area contributed by atoms with Crippen LogP contribution < -0.4 is 10.6 Å². The van der Waals surface area contributed by atoms with Crippen LogP contribution in [0.3, 0.4) is 0 Å². The van der Waals surface area contributed by atoms with Crippen LogP contribution in [0.4, 0.5) is 5.69 Å². The molecule has 1 atom stereocenters. The van der Waals surface area contributed by atoms with Crippen molar-refractivity contribution in [3.8, 4) is 6.07 Å². The number of nitrogens with zero attached hydrogens (tertiary/aromatic N) is 3. The van der Waals surface area contributed by atoms with E-state index >= 15 is 0 Å². The van der Waals surface area contributed by atoms with Gasteiger partial charge >= 0.3 is 0 Å². The van der Waals surface area contributed by atoms with Crippen molar-refractivity contribution >= 4 is 5.69 Å². The average Bonchev–Trinajstić information content (AvgIpc) is 2.29. The molecule has 0 fully saturated rings. The predicted molar refractivity (Wildman–Crippen MR) is 69.6 cm³/mol. The molecule has 4 heteroatoms. The minimum absolute atomic E-state index is 0.0457.